The van der Waals surface area contributed by atoms with Gasteiger partial charge in [-0.05, 0) is 37.1 Å². The summed E-state index contributed by atoms with van der Waals surface area (Å²) in [5.41, 5.74) is 2.27. The molecule has 4 rings (SSSR count). The van der Waals surface area contributed by atoms with E-state index >= 15 is 0 Å². The molecule has 0 spiro atoms. The van der Waals surface area contributed by atoms with Gasteiger partial charge in [0.1, 0.15) is 5.60 Å². The number of fused-ring (bicyclic) bond motifs is 1. The van der Waals surface area contributed by atoms with Crippen molar-refractivity contribution in [1.82, 2.24) is 4.98 Å². The number of carbonyl (C=O) groups excluding carboxylic acids is 1. The standard InChI is InChI=1S/C12H11FN2O2.C6H4/c1-4-8-5-6-14-10(9(8)13)15-7-12(2,3)17-11(15)16;1-2-5-4-6(5)3-1/h1,5-6H,7H2,2-3H3;1-4H. The van der Waals surface area contributed by atoms with Gasteiger partial charge in [0.05, 0.1) is 12.1 Å². The van der Waals surface area contributed by atoms with E-state index in [1.807, 2.05) is 0 Å². The number of terminal acetylenes is 1. The molecule has 116 valence electrons. The summed E-state index contributed by atoms with van der Waals surface area (Å²) in [5, 5.41) is 0. The highest BCUT2D eigenvalue weighted by atomic mass is 19.1. The summed E-state index contributed by atoms with van der Waals surface area (Å²) < 4.78 is 19.0. The van der Waals surface area contributed by atoms with Crippen LogP contribution in [-0.4, -0.2) is 23.2 Å². The molecule has 1 aromatic heterocycles. The molecule has 0 radical (unpaired) electrons. The van der Waals surface area contributed by atoms with Crippen molar-refractivity contribution >= 4 is 11.9 Å². The van der Waals surface area contributed by atoms with E-state index in [0.717, 1.165) is 4.90 Å². The predicted molar refractivity (Wildman–Crippen MR) is 85.5 cm³/mol. The van der Waals surface area contributed by atoms with Crippen molar-refractivity contribution in [1.29, 1.82) is 0 Å². The van der Waals surface area contributed by atoms with Gasteiger partial charge in [-0.1, -0.05) is 24.1 Å². The lowest BCUT2D eigenvalue weighted by Crippen LogP contribution is -2.29. The molecule has 1 fully saturated rings. The van der Waals surface area contributed by atoms with Crippen LogP contribution in [0, 0.1) is 18.2 Å². The molecule has 2 aliphatic carbocycles. The normalized spacial score (nSPS) is 16.1. The lowest BCUT2D eigenvalue weighted by atomic mass is 10.1. The van der Waals surface area contributed by atoms with E-state index in [1.165, 1.54) is 23.4 Å². The second kappa shape index (κ2) is 5.40. The number of carbonyl (C=O) groups is 1. The molecule has 0 unspecified atom stereocenters. The summed E-state index contributed by atoms with van der Waals surface area (Å²) in [5.74, 6) is 1.44. The summed E-state index contributed by atoms with van der Waals surface area (Å²) in [6, 6.07) is 9.86. The molecule has 1 amide bonds. The van der Waals surface area contributed by atoms with Crippen molar-refractivity contribution in [2.75, 3.05) is 11.4 Å². The smallest absolute Gasteiger partial charge is 0.416 e. The summed E-state index contributed by atoms with van der Waals surface area (Å²) in [6.07, 6.45) is 5.91. The van der Waals surface area contributed by atoms with Crippen LogP contribution in [0.4, 0.5) is 15.0 Å². The molecule has 2 heterocycles. The fourth-order valence-electron chi connectivity index (χ4n) is 2.34. The number of hydrogen-bond donors (Lipinski definition) is 0. The highest BCUT2D eigenvalue weighted by molar-refractivity contribution is 5.89. The molecule has 0 aromatic carbocycles. The van der Waals surface area contributed by atoms with Crippen LogP contribution in [0.2, 0.25) is 0 Å². The maximum atomic E-state index is 13.9. The minimum absolute atomic E-state index is 0.0764. The van der Waals surface area contributed by atoms with E-state index in [-0.39, 0.29) is 17.9 Å². The summed E-state index contributed by atoms with van der Waals surface area (Å²) >= 11 is 0. The number of anilines is 1. The molecule has 0 N–H and O–H groups in total. The SMILES string of the molecule is C#Cc1ccnc(N2CC(C)(C)OC2=O)c1F.c1cc2cc-2c1. The van der Waals surface area contributed by atoms with Gasteiger partial charge >= 0.3 is 6.09 Å². The minimum atomic E-state index is -0.676. The zero-order chi connectivity index (χ0) is 16.6. The molecule has 1 aliphatic heterocycles. The predicted octanol–water partition coefficient (Wildman–Crippen LogP) is 3.60. The molecule has 1 saturated heterocycles. The van der Waals surface area contributed by atoms with E-state index in [9.17, 15) is 9.18 Å². The van der Waals surface area contributed by atoms with Gasteiger partial charge in [-0.15, -0.1) is 6.42 Å². The summed E-state index contributed by atoms with van der Waals surface area (Å²) in [4.78, 5) is 16.6. The Hall–Kier alpha value is -2.87. The molecular formula is C18H15FN2O2. The quantitative estimate of drug-likeness (QED) is 0.645. The number of hydrogen-bond acceptors (Lipinski definition) is 3. The Bertz CT molecular complexity index is 807. The third kappa shape index (κ3) is 3.02. The Balaban J connectivity index is 0.000000213. The number of benzene rings is 1. The molecule has 23 heavy (non-hydrogen) atoms. The lowest BCUT2D eigenvalue weighted by Gasteiger charge is -2.15. The fraction of sp³-hybridized carbons (Fsp3) is 0.222. The van der Waals surface area contributed by atoms with Crippen molar-refractivity contribution in [2.24, 2.45) is 0 Å². The molecule has 0 atom stereocenters. The van der Waals surface area contributed by atoms with E-state index in [1.54, 1.807) is 13.8 Å². The van der Waals surface area contributed by atoms with Crippen LogP contribution in [-0.2, 0) is 4.74 Å². The van der Waals surface area contributed by atoms with Crippen molar-refractivity contribution in [3.05, 3.63) is 47.9 Å². The topological polar surface area (TPSA) is 42.4 Å². The van der Waals surface area contributed by atoms with Gasteiger partial charge in [-0.25, -0.2) is 14.2 Å². The van der Waals surface area contributed by atoms with Gasteiger partial charge in [0.2, 0.25) is 0 Å². The van der Waals surface area contributed by atoms with E-state index in [0.29, 0.717) is 0 Å². The Morgan fingerprint density at radius 3 is 2.48 bits per heavy atom. The van der Waals surface area contributed by atoms with Gasteiger partial charge in [0.25, 0.3) is 0 Å². The first kappa shape index (κ1) is 15.0. The fourth-order valence-corrected chi connectivity index (χ4v) is 2.34. The maximum absolute atomic E-state index is 13.9. The first-order valence-electron chi connectivity index (χ1n) is 7.13. The zero-order valence-electron chi connectivity index (χ0n) is 12.8. The molecule has 3 aliphatic rings. The Morgan fingerprint density at radius 2 is 2.04 bits per heavy atom. The van der Waals surface area contributed by atoms with Crippen LogP contribution in [0.1, 0.15) is 19.4 Å². The van der Waals surface area contributed by atoms with E-state index in [4.69, 9.17) is 11.2 Å². The van der Waals surface area contributed by atoms with Gasteiger partial charge < -0.3 is 4.74 Å². The van der Waals surface area contributed by atoms with Crippen LogP contribution < -0.4 is 4.90 Å². The number of nitrogens with zero attached hydrogens (tertiary/aromatic N) is 2. The second-order valence-electron chi connectivity index (χ2n) is 5.94. The average Bonchev–Trinajstić information content (AvgIpc) is 2.99. The third-order valence-corrected chi connectivity index (χ3v) is 3.52. The first-order chi connectivity index (χ1) is 10.9. The average molecular weight is 310 g/mol. The van der Waals surface area contributed by atoms with Crippen molar-refractivity contribution in [3.8, 4) is 23.5 Å². The van der Waals surface area contributed by atoms with Gasteiger partial charge in [0.15, 0.2) is 11.6 Å². The van der Waals surface area contributed by atoms with Gasteiger partial charge in [-0.2, -0.15) is 0 Å². The van der Waals surface area contributed by atoms with Crippen molar-refractivity contribution < 1.29 is 13.9 Å². The van der Waals surface area contributed by atoms with Crippen LogP contribution in [0.5, 0.6) is 0 Å². The maximum Gasteiger partial charge on any atom is 0.416 e. The first-order valence-corrected chi connectivity index (χ1v) is 7.13. The van der Waals surface area contributed by atoms with Gasteiger partial charge in [-0.3, -0.25) is 4.90 Å². The molecule has 1 aromatic rings. The van der Waals surface area contributed by atoms with Crippen LogP contribution >= 0.6 is 0 Å². The van der Waals surface area contributed by atoms with Gasteiger partial charge in [0, 0.05) is 6.20 Å². The summed E-state index contributed by atoms with van der Waals surface area (Å²) in [7, 11) is 0. The number of cyclic esters (lactones) is 1. The molecule has 0 saturated carbocycles. The number of amides is 1. The second-order valence-corrected chi connectivity index (χ2v) is 5.94. The highest BCUT2D eigenvalue weighted by Crippen LogP contribution is 2.32. The summed E-state index contributed by atoms with van der Waals surface area (Å²) in [6.45, 7) is 3.73. The van der Waals surface area contributed by atoms with E-state index < -0.39 is 17.5 Å². The Morgan fingerprint density at radius 1 is 1.35 bits per heavy atom. The lowest BCUT2D eigenvalue weighted by molar-refractivity contribution is 0.0871. The molecule has 5 heteroatoms. The van der Waals surface area contributed by atoms with Crippen molar-refractivity contribution in [3.63, 3.8) is 0 Å². The van der Waals surface area contributed by atoms with Crippen molar-refractivity contribution in [2.45, 2.75) is 19.4 Å². The van der Waals surface area contributed by atoms with Crippen LogP contribution in [0.15, 0.2) is 36.5 Å². The Labute approximate surface area is 133 Å². The number of rotatable bonds is 1. The highest BCUT2D eigenvalue weighted by Gasteiger charge is 2.40. The van der Waals surface area contributed by atoms with Crippen LogP contribution in [0.25, 0.3) is 11.1 Å². The number of aromatic nitrogens is 1. The number of ether oxygens (including phenoxy) is 1. The molecule has 4 nitrogen and oxygen atoms in total. The van der Waals surface area contributed by atoms with E-state index in [2.05, 4.69) is 35.2 Å². The largest absolute Gasteiger partial charge is 0.441 e. The zero-order valence-corrected chi connectivity index (χ0v) is 12.8. The minimum Gasteiger partial charge on any atom is -0.441 e. The molecular weight excluding hydrogens is 295 g/mol. The molecule has 0 bridgehead atoms. The van der Waals surface area contributed by atoms with Crippen LogP contribution in [0.3, 0.4) is 0 Å². The third-order valence-electron chi connectivity index (χ3n) is 3.52. The number of pyridine rings is 1. The monoisotopic (exact) mass is 310 g/mol. The number of halogens is 1. The Kier molecular flexibility index (Phi) is 3.53.